The SMILES string of the molecule is CCOc1ccccc1N1C(=O)C(Cl)=C(Nc2ccc(C(=O)Oc3ccc4ccccc4c3)cc2)C1=O. The number of para-hydroxylation sites is 2. The Morgan fingerprint density at radius 3 is 2.32 bits per heavy atom. The van der Waals surface area contributed by atoms with Crippen molar-refractivity contribution in [3.05, 3.63) is 107 Å². The van der Waals surface area contributed by atoms with Crippen LogP contribution in [-0.2, 0) is 9.59 Å². The summed E-state index contributed by atoms with van der Waals surface area (Å²) < 4.78 is 11.1. The number of carbonyl (C=O) groups is 3. The third-order valence-corrected chi connectivity index (χ3v) is 6.11. The van der Waals surface area contributed by atoms with Crippen molar-refractivity contribution in [2.45, 2.75) is 6.92 Å². The average Bonchev–Trinajstić information content (AvgIpc) is 3.12. The number of rotatable bonds is 7. The second-order valence-electron chi connectivity index (χ2n) is 8.14. The quantitative estimate of drug-likeness (QED) is 0.189. The largest absolute Gasteiger partial charge is 0.492 e. The van der Waals surface area contributed by atoms with Gasteiger partial charge in [-0.1, -0.05) is 54.1 Å². The van der Waals surface area contributed by atoms with Crippen molar-refractivity contribution >= 4 is 51.5 Å². The highest BCUT2D eigenvalue weighted by Crippen LogP contribution is 2.35. The number of imide groups is 1. The molecule has 7 nitrogen and oxygen atoms in total. The second kappa shape index (κ2) is 10.2. The van der Waals surface area contributed by atoms with Gasteiger partial charge >= 0.3 is 5.97 Å². The van der Waals surface area contributed by atoms with Crippen LogP contribution in [0.5, 0.6) is 11.5 Å². The van der Waals surface area contributed by atoms with Crippen LogP contribution in [0.1, 0.15) is 17.3 Å². The van der Waals surface area contributed by atoms with Crippen molar-refractivity contribution in [3.63, 3.8) is 0 Å². The van der Waals surface area contributed by atoms with E-state index in [2.05, 4.69) is 5.32 Å². The lowest BCUT2D eigenvalue weighted by Gasteiger charge is -2.18. The standard InChI is InChI=1S/C29H21ClN2O5/c1-2-36-24-10-6-5-9-23(24)32-27(33)25(30)26(28(32)34)31-21-14-11-19(12-15-21)29(35)37-22-16-13-18-7-3-4-8-20(18)17-22/h3-17,31H,2H2,1H3. The first-order chi connectivity index (χ1) is 18.0. The Labute approximate surface area is 217 Å². The average molecular weight is 513 g/mol. The minimum Gasteiger partial charge on any atom is -0.492 e. The number of anilines is 2. The van der Waals surface area contributed by atoms with Crippen molar-refractivity contribution in [3.8, 4) is 11.5 Å². The van der Waals surface area contributed by atoms with E-state index < -0.39 is 17.8 Å². The van der Waals surface area contributed by atoms with Crippen molar-refractivity contribution in [1.29, 1.82) is 0 Å². The maximum absolute atomic E-state index is 13.1. The molecule has 1 heterocycles. The normalized spacial score (nSPS) is 13.3. The number of carbonyl (C=O) groups excluding carboxylic acids is 3. The number of hydrogen-bond donors (Lipinski definition) is 1. The smallest absolute Gasteiger partial charge is 0.343 e. The highest BCUT2D eigenvalue weighted by atomic mass is 35.5. The summed E-state index contributed by atoms with van der Waals surface area (Å²) in [4.78, 5) is 39.6. The van der Waals surface area contributed by atoms with Crippen molar-refractivity contribution < 1.29 is 23.9 Å². The van der Waals surface area contributed by atoms with Gasteiger partial charge in [0, 0.05) is 5.69 Å². The maximum Gasteiger partial charge on any atom is 0.343 e. The van der Waals surface area contributed by atoms with E-state index in [0.717, 1.165) is 15.7 Å². The molecule has 1 aliphatic rings. The van der Waals surface area contributed by atoms with E-state index in [1.54, 1.807) is 60.7 Å². The van der Waals surface area contributed by atoms with E-state index in [4.69, 9.17) is 21.1 Å². The van der Waals surface area contributed by atoms with Crippen molar-refractivity contribution in [2.24, 2.45) is 0 Å². The van der Waals surface area contributed by atoms with E-state index >= 15 is 0 Å². The van der Waals surface area contributed by atoms with Crippen molar-refractivity contribution in [1.82, 2.24) is 0 Å². The molecule has 37 heavy (non-hydrogen) atoms. The van der Waals surface area contributed by atoms with Crippen LogP contribution in [0, 0.1) is 0 Å². The number of esters is 1. The van der Waals surface area contributed by atoms with Crippen molar-refractivity contribution in [2.75, 3.05) is 16.8 Å². The molecular weight excluding hydrogens is 492 g/mol. The van der Waals surface area contributed by atoms with E-state index in [-0.39, 0.29) is 10.7 Å². The first-order valence-corrected chi connectivity index (χ1v) is 11.9. The molecule has 0 bridgehead atoms. The number of halogens is 1. The molecule has 0 fully saturated rings. The third-order valence-electron chi connectivity index (χ3n) is 5.75. The molecular formula is C29H21ClN2O5. The number of nitrogens with one attached hydrogen (secondary N) is 1. The number of amides is 2. The van der Waals surface area contributed by atoms with Gasteiger partial charge < -0.3 is 14.8 Å². The first kappa shape index (κ1) is 24.1. The van der Waals surface area contributed by atoms with E-state index in [0.29, 0.717) is 35.0 Å². The van der Waals surface area contributed by atoms with Crippen LogP contribution in [0.4, 0.5) is 11.4 Å². The Morgan fingerprint density at radius 1 is 0.865 bits per heavy atom. The Balaban J connectivity index is 1.30. The zero-order valence-electron chi connectivity index (χ0n) is 19.7. The summed E-state index contributed by atoms with van der Waals surface area (Å²) in [6.07, 6.45) is 0. The van der Waals surface area contributed by atoms with Gasteiger partial charge in [-0.05, 0) is 66.2 Å². The van der Waals surface area contributed by atoms with Crippen LogP contribution in [0.15, 0.2) is 102 Å². The highest BCUT2D eigenvalue weighted by molar-refractivity contribution is 6.53. The fourth-order valence-electron chi connectivity index (χ4n) is 3.98. The van der Waals surface area contributed by atoms with Gasteiger partial charge in [0.2, 0.25) is 0 Å². The second-order valence-corrected chi connectivity index (χ2v) is 8.51. The Bertz CT molecular complexity index is 1560. The van der Waals surface area contributed by atoms with Gasteiger partial charge in [0.15, 0.2) is 0 Å². The van der Waals surface area contributed by atoms with Gasteiger partial charge in [0.25, 0.3) is 11.8 Å². The fraction of sp³-hybridized carbons (Fsp3) is 0.0690. The maximum atomic E-state index is 13.1. The highest BCUT2D eigenvalue weighted by Gasteiger charge is 2.40. The predicted molar refractivity (Wildman–Crippen MR) is 142 cm³/mol. The number of nitrogens with zero attached hydrogens (tertiary/aromatic N) is 1. The molecule has 0 radical (unpaired) electrons. The molecule has 0 aliphatic carbocycles. The summed E-state index contributed by atoms with van der Waals surface area (Å²) in [5.41, 5.74) is 1.03. The van der Waals surface area contributed by atoms with Gasteiger partial charge in [0.05, 0.1) is 17.9 Å². The molecule has 0 aromatic heterocycles. The molecule has 1 N–H and O–H groups in total. The number of fused-ring (bicyclic) bond motifs is 1. The lowest BCUT2D eigenvalue weighted by molar-refractivity contribution is -0.120. The third kappa shape index (κ3) is 4.77. The van der Waals surface area contributed by atoms with Gasteiger partial charge in [-0.3, -0.25) is 9.59 Å². The van der Waals surface area contributed by atoms with Crippen LogP contribution in [0.3, 0.4) is 0 Å². The Morgan fingerprint density at radius 2 is 1.57 bits per heavy atom. The Hall–Kier alpha value is -4.62. The summed E-state index contributed by atoms with van der Waals surface area (Å²) >= 11 is 6.25. The predicted octanol–water partition coefficient (Wildman–Crippen LogP) is 5.89. The molecule has 4 aromatic carbocycles. The molecule has 5 rings (SSSR count). The summed E-state index contributed by atoms with van der Waals surface area (Å²) in [6, 6.07) is 26.3. The van der Waals surface area contributed by atoms with Gasteiger partial charge in [0.1, 0.15) is 22.2 Å². The minimum atomic E-state index is -0.656. The minimum absolute atomic E-state index is 0.0653. The van der Waals surface area contributed by atoms with E-state index in [9.17, 15) is 14.4 Å². The zero-order valence-corrected chi connectivity index (χ0v) is 20.5. The monoisotopic (exact) mass is 512 g/mol. The van der Waals surface area contributed by atoms with Crippen LogP contribution in [-0.4, -0.2) is 24.4 Å². The molecule has 0 saturated heterocycles. The van der Waals surface area contributed by atoms with Crippen LogP contribution < -0.4 is 19.7 Å². The van der Waals surface area contributed by atoms with Crippen LogP contribution in [0.2, 0.25) is 0 Å². The number of benzene rings is 4. The van der Waals surface area contributed by atoms with Gasteiger partial charge in [-0.2, -0.15) is 0 Å². The van der Waals surface area contributed by atoms with E-state index in [1.165, 1.54) is 0 Å². The molecule has 0 spiro atoms. The fourth-order valence-corrected chi connectivity index (χ4v) is 4.19. The van der Waals surface area contributed by atoms with Crippen LogP contribution >= 0.6 is 11.6 Å². The van der Waals surface area contributed by atoms with Gasteiger partial charge in [-0.25, -0.2) is 9.69 Å². The lowest BCUT2D eigenvalue weighted by Crippen LogP contribution is -2.32. The van der Waals surface area contributed by atoms with Crippen LogP contribution in [0.25, 0.3) is 10.8 Å². The molecule has 0 saturated carbocycles. The molecule has 2 amide bonds. The topological polar surface area (TPSA) is 84.9 Å². The summed E-state index contributed by atoms with van der Waals surface area (Å²) in [5.74, 6) is -0.958. The molecule has 8 heteroatoms. The number of hydrogen-bond acceptors (Lipinski definition) is 6. The molecule has 184 valence electrons. The van der Waals surface area contributed by atoms with E-state index in [1.807, 2.05) is 37.3 Å². The zero-order chi connectivity index (χ0) is 25.9. The first-order valence-electron chi connectivity index (χ1n) is 11.5. The lowest BCUT2D eigenvalue weighted by atomic mass is 10.1. The summed E-state index contributed by atoms with van der Waals surface area (Å²) in [5, 5.41) is 4.67. The molecule has 1 aliphatic heterocycles. The number of ether oxygens (including phenoxy) is 2. The molecule has 4 aromatic rings. The molecule has 0 unspecified atom stereocenters. The summed E-state index contributed by atoms with van der Waals surface area (Å²) in [6.45, 7) is 2.18. The molecule has 0 atom stereocenters. The Kier molecular flexibility index (Phi) is 6.62. The summed E-state index contributed by atoms with van der Waals surface area (Å²) in [7, 11) is 0. The van der Waals surface area contributed by atoms with Gasteiger partial charge in [-0.15, -0.1) is 0 Å².